The maximum atomic E-state index is 10.2. The Morgan fingerprint density at radius 3 is 2.00 bits per heavy atom. The fourth-order valence-electron chi connectivity index (χ4n) is 0.489. The molecule has 0 aliphatic carbocycles. The van der Waals surface area contributed by atoms with Gasteiger partial charge in [0.15, 0.2) is 0 Å². The van der Waals surface area contributed by atoms with E-state index in [0.29, 0.717) is 0 Å². The van der Waals surface area contributed by atoms with Crippen molar-refractivity contribution >= 4 is 16.4 Å². The standard InChI is InChI=1S/C6H5NO2.H3N.H2O4S/c8-6(9)5-2-1-3-7-4-5;;1-5(2,3)4/h1-4H,(H,8,9);1H3;(H2,1,2,3,4). The summed E-state index contributed by atoms with van der Waals surface area (Å²) in [4.78, 5) is 13.8. The third-order valence-corrected chi connectivity index (χ3v) is 0.908. The summed E-state index contributed by atoms with van der Waals surface area (Å²) in [5.41, 5.74) is 0.220. The molecule has 0 fully saturated rings. The zero-order chi connectivity index (χ0) is 11.2. The van der Waals surface area contributed by atoms with E-state index in [2.05, 4.69) is 4.98 Å². The molecule has 9 heteroatoms. The van der Waals surface area contributed by atoms with Crippen LogP contribution in [-0.4, -0.2) is 33.6 Å². The highest BCUT2D eigenvalue weighted by molar-refractivity contribution is 7.79. The average Bonchev–Trinajstić information content (AvgIpc) is 2.03. The summed E-state index contributed by atoms with van der Waals surface area (Å²) in [5, 5.41) is 8.34. The minimum absolute atomic E-state index is 0. The van der Waals surface area contributed by atoms with Crippen molar-refractivity contribution in [3.8, 4) is 0 Å². The molecule has 1 rings (SSSR count). The topological polar surface area (TPSA) is 160 Å². The molecule has 0 aliphatic rings. The fraction of sp³-hybridized carbons (Fsp3) is 0. The summed E-state index contributed by atoms with van der Waals surface area (Å²) in [6.07, 6.45) is 2.84. The first-order chi connectivity index (χ1) is 6.30. The van der Waals surface area contributed by atoms with Gasteiger partial charge in [0.05, 0.1) is 5.56 Å². The lowest BCUT2D eigenvalue weighted by Crippen LogP contribution is -1.94. The summed E-state index contributed by atoms with van der Waals surface area (Å²) in [5.74, 6) is -0.942. The van der Waals surface area contributed by atoms with Crippen LogP contribution in [0.5, 0.6) is 0 Å². The highest BCUT2D eigenvalue weighted by Crippen LogP contribution is 1.92. The Morgan fingerprint density at radius 1 is 1.33 bits per heavy atom. The van der Waals surface area contributed by atoms with E-state index in [9.17, 15) is 4.79 Å². The second-order valence-corrected chi connectivity index (χ2v) is 2.89. The van der Waals surface area contributed by atoms with Crippen LogP contribution in [0.25, 0.3) is 0 Å². The minimum Gasteiger partial charge on any atom is -0.478 e. The molecular formula is C6H10N2O6S. The number of carboxylic acid groups (broad SMARTS) is 1. The van der Waals surface area contributed by atoms with Gasteiger partial charge in [0.25, 0.3) is 0 Å². The monoisotopic (exact) mass is 238 g/mol. The van der Waals surface area contributed by atoms with E-state index in [1.165, 1.54) is 18.5 Å². The van der Waals surface area contributed by atoms with Crippen LogP contribution < -0.4 is 6.15 Å². The van der Waals surface area contributed by atoms with Gasteiger partial charge in [-0.05, 0) is 12.1 Å². The fourth-order valence-corrected chi connectivity index (χ4v) is 0.489. The molecule has 0 saturated heterocycles. The highest BCUT2D eigenvalue weighted by Gasteiger charge is 1.97. The van der Waals surface area contributed by atoms with Gasteiger partial charge in [-0.3, -0.25) is 14.1 Å². The molecule has 8 nitrogen and oxygen atoms in total. The molecule has 1 aromatic rings. The van der Waals surface area contributed by atoms with E-state index in [1.54, 1.807) is 6.07 Å². The smallest absolute Gasteiger partial charge is 0.394 e. The van der Waals surface area contributed by atoms with Gasteiger partial charge in [-0.1, -0.05) is 0 Å². The van der Waals surface area contributed by atoms with E-state index in [-0.39, 0.29) is 11.7 Å². The van der Waals surface area contributed by atoms with Crippen LogP contribution in [-0.2, 0) is 10.4 Å². The van der Waals surface area contributed by atoms with Gasteiger partial charge < -0.3 is 11.3 Å². The first-order valence-corrected chi connectivity index (χ1v) is 4.53. The Hall–Kier alpha value is -1.55. The maximum absolute atomic E-state index is 10.2. The Kier molecular flexibility index (Phi) is 7.25. The predicted molar refractivity (Wildman–Crippen MR) is 50.4 cm³/mol. The molecule has 1 heterocycles. The number of aromatic carboxylic acids is 1. The first-order valence-electron chi connectivity index (χ1n) is 3.14. The Balaban J connectivity index is 0. The summed E-state index contributed by atoms with van der Waals surface area (Å²) in [6, 6.07) is 3.08. The number of carboxylic acids is 1. The van der Waals surface area contributed by atoms with Crippen molar-refractivity contribution in [3.05, 3.63) is 30.1 Å². The van der Waals surface area contributed by atoms with Crippen LogP contribution >= 0.6 is 0 Å². The summed E-state index contributed by atoms with van der Waals surface area (Å²) in [6.45, 7) is 0. The molecule has 0 saturated carbocycles. The second kappa shape index (κ2) is 6.84. The molecule has 0 unspecified atom stereocenters. The van der Waals surface area contributed by atoms with Gasteiger partial charge in [-0.2, -0.15) is 8.42 Å². The van der Waals surface area contributed by atoms with Crippen molar-refractivity contribution in [2.24, 2.45) is 0 Å². The van der Waals surface area contributed by atoms with Crippen molar-refractivity contribution in [2.75, 3.05) is 0 Å². The highest BCUT2D eigenvalue weighted by atomic mass is 32.3. The molecule has 1 aromatic heterocycles. The largest absolute Gasteiger partial charge is 0.478 e. The molecule has 0 aliphatic heterocycles. The van der Waals surface area contributed by atoms with Crippen LogP contribution in [0.2, 0.25) is 0 Å². The van der Waals surface area contributed by atoms with Gasteiger partial charge in [-0.15, -0.1) is 0 Å². The van der Waals surface area contributed by atoms with E-state index in [0.717, 1.165) is 0 Å². The van der Waals surface area contributed by atoms with Gasteiger partial charge in [0.1, 0.15) is 0 Å². The number of nitrogens with zero attached hydrogens (tertiary/aromatic N) is 1. The molecule has 0 bridgehead atoms. The number of hydrogen-bond donors (Lipinski definition) is 4. The number of hydrogen-bond acceptors (Lipinski definition) is 5. The van der Waals surface area contributed by atoms with Crippen LogP contribution in [0.4, 0.5) is 0 Å². The molecule has 0 spiro atoms. The van der Waals surface area contributed by atoms with Crippen molar-refractivity contribution in [1.82, 2.24) is 11.1 Å². The van der Waals surface area contributed by atoms with Crippen molar-refractivity contribution in [1.29, 1.82) is 0 Å². The number of rotatable bonds is 1. The third kappa shape index (κ3) is 12.4. The average molecular weight is 238 g/mol. The van der Waals surface area contributed by atoms with E-state index in [1.807, 2.05) is 0 Å². The van der Waals surface area contributed by atoms with Crippen LogP contribution in [0.1, 0.15) is 10.4 Å². The third-order valence-electron chi connectivity index (χ3n) is 0.908. The molecule has 0 aromatic carbocycles. The molecule has 15 heavy (non-hydrogen) atoms. The Labute approximate surface area is 85.7 Å². The van der Waals surface area contributed by atoms with Gasteiger partial charge in [-0.25, -0.2) is 4.79 Å². The van der Waals surface area contributed by atoms with Crippen molar-refractivity contribution in [3.63, 3.8) is 0 Å². The summed E-state index contributed by atoms with van der Waals surface area (Å²) >= 11 is 0. The van der Waals surface area contributed by atoms with Crippen LogP contribution in [0.3, 0.4) is 0 Å². The lowest BCUT2D eigenvalue weighted by Gasteiger charge is -1.87. The quantitative estimate of drug-likeness (QED) is 0.507. The van der Waals surface area contributed by atoms with Gasteiger partial charge in [0, 0.05) is 12.4 Å². The molecule has 86 valence electrons. The minimum atomic E-state index is -4.67. The Morgan fingerprint density at radius 2 is 1.80 bits per heavy atom. The molecule has 0 radical (unpaired) electrons. The SMILES string of the molecule is N.O=C(O)c1cccnc1.O=S(=O)(O)O. The van der Waals surface area contributed by atoms with Crippen LogP contribution in [0, 0.1) is 0 Å². The van der Waals surface area contributed by atoms with E-state index in [4.69, 9.17) is 22.6 Å². The number of aromatic nitrogens is 1. The van der Waals surface area contributed by atoms with Crippen molar-refractivity contribution in [2.45, 2.75) is 0 Å². The van der Waals surface area contributed by atoms with Gasteiger partial charge >= 0.3 is 16.4 Å². The lowest BCUT2D eigenvalue weighted by molar-refractivity contribution is 0.0696. The predicted octanol–water partition coefficient (Wildman–Crippen LogP) is 0.289. The first kappa shape index (κ1) is 15.9. The molecule has 6 N–H and O–H groups in total. The zero-order valence-electron chi connectivity index (χ0n) is 7.44. The zero-order valence-corrected chi connectivity index (χ0v) is 8.25. The Bertz CT molecular complexity index is 381. The normalized spacial score (nSPS) is 9.20. The van der Waals surface area contributed by atoms with Crippen LogP contribution in [0.15, 0.2) is 24.5 Å². The number of carbonyl (C=O) groups is 1. The summed E-state index contributed by atoms with van der Waals surface area (Å²) < 4.78 is 31.6. The maximum Gasteiger partial charge on any atom is 0.394 e. The lowest BCUT2D eigenvalue weighted by atomic mass is 10.3. The van der Waals surface area contributed by atoms with E-state index >= 15 is 0 Å². The van der Waals surface area contributed by atoms with E-state index < -0.39 is 16.4 Å². The summed E-state index contributed by atoms with van der Waals surface area (Å²) in [7, 11) is -4.67. The molecule has 0 amide bonds. The van der Waals surface area contributed by atoms with Gasteiger partial charge in [0.2, 0.25) is 0 Å². The molecule has 0 atom stereocenters. The second-order valence-electron chi connectivity index (χ2n) is 1.99. The van der Waals surface area contributed by atoms with Crippen molar-refractivity contribution < 1.29 is 27.4 Å². The molecular weight excluding hydrogens is 228 g/mol. The number of pyridine rings is 1.